The van der Waals surface area contributed by atoms with Gasteiger partial charge in [-0.2, -0.15) is 0 Å². The molecule has 1 aliphatic carbocycles. The summed E-state index contributed by atoms with van der Waals surface area (Å²) < 4.78 is 10.5. The van der Waals surface area contributed by atoms with Gasteiger partial charge in [0.1, 0.15) is 0 Å². The minimum absolute atomic E-state index is 0.280. The van der Waals surface area contributed by atoms with Gasteiger partial charge in [0.25, 0.3) is 0 Å². The molecule has 3 atom stereocenters. The topological polar surface area (TPSA) is 47.7 Å². The van der Waals surface area contributed by atoms with E-state index in [1.807, 2.05) is 0 Å². The van der Waals surface area contributed by atoms with E-state index in [1.54, 1.807) is 14.2 Å². The molecule has 2 N–H and O–H groups in total. The Morgan fingerprint density at radius 1 is 1.05 bits per heavy atom. The number of nitrogens with two attached hydrogens (primary N) is 1. The SMILES string of the molecule is COCCN(CCOC)C1CC(C(C)(C)C)CCC1N. The van der Waals surface area contributed by atoms with Crippen molar-refractivity contribution in [3.8, 4) is 0 Å². The minimum Gasteiger partial charge on any atom is -0.383 e. The lowest BCUT2D eigenvalue weighted by Gasteiger charge is -2.45. The van der Waals surface area contributed by atoms with E-state index in [4.69, 9.17) is 15.2 Å². The molecule has 120 valence electrons. The first kappa shape index (κ1) is 17.9. The zero-order valence-corrected chi connectivity index (χ0v) is 14.0. The molecule has 0 aromatic heterocycles. The Labute approximate surface area is 125 Å². The summed E-state index contributed by atoms with van der Waals surface area (Å²) in [5.74, 6) is 0.750. The van der Waals surface area contributed by atoms with Gasteiger partial charge in [-0.25, -0.2) is 0 Å². The third-order valence-corrected chi connectivity index (χ3v) is 4.73. The summed E-state index contributed by atoms with van der Waals surface area (Å²) in [6.07, 6.45) is 3.57. The molecule has 20 heavy (non-hydrogen) atoms. The molecule has 3 unspecified atom stereocenters. The maximum Gasteiger partial charge on any atom is 0.0589 e. The van der Waals surface area contributed by atoms with Crippen LogP contribution < -0.4 is 5.73 Å². The highest BCUT2D eigenvalue weighted by atomic mass is 16.5. The minimum atomic E-state index is 0.280. The maximum atomic E-state index is 6.41. The first-order valence-corrected chi connectivity index (χ1v) is 7.87. The van der Waals surface area contributed by atoms with Crippen molar-refractivity contribution in [2.45, 2.75) is 52.1 Å². The second kappa shape index (κ2) is 8.32. The second-order valence-corrected chi connectivity index (χ2v) is 7.13. The van der Waals surface area contributed by atoms with Crippen molar-refractivity contribution in [2.24, 2.45) is 17.1 Å². The Balaban J connectivity index is 2.69. The molecular weight excluding hydrogens is 252 g/mol. The lowest BCUT2D eigenvalue weighted by atomic mass is 9.69. The van der Waals surface area contributed by atoms with Crippen LogP contribution in [0.5, 0.6) is 0 Å². The van der Waals surface area contributed by atoms with Crippen LogP contribution in [0.2, 0.25) is 0 Å². The molecule has 0 spiro atoms. The van der Waals surface area contributed by atoms with Gasteiger partial charge in [-0.3, -0.25) is 4.90 Å². The lowest BCUT2D eigenvalue weighted by molar-refractivity contribution is 0.0356. The van der Waals surface area contributed by atoms with E-state index in [1.165, 1.54) is 12.8 Å². The quantitative estimate of drug-likeness (QED) is 0.779. The molecule has 1 saturated carbocycles. The highest BCUT2D eigenvalue weighted by Gasteiger charge is 2.36. The van der Waals surface area contributed by atoms with E-state index in [0.717, 1.165) is 38.6 Å². The predicted molar refractivity (Wildman–Crippen MR) is 83.9 cm³/mol. The fourth-order valence-corrected chi connectivity index (χ4v) is 3.24. The van der Waals surface area contributed by atoms with Crippen molar-refractivity contribution in [3.63, 3.8) is 0 Å². The molecule has 0 heterocycles. The van der Waals surface area contributed by atoms with Gasteiger partial charge in [0, 0.05) is 39.4 Å². The number of nitrogens with zero attached hydrogens (tertiary/aromatic N) is 1. The molecule has 1 aliphatic rings. The van der Waals surface area contributed by atoms with Crippen LogP contribution in [0, 0.1) is 11.3 Å². The van der Waals surface area contributed by atoms with Crippen molar-refractivity contribution in [1.82, 2.24) is 4.90 Å². The van der Waals surface area contributed by atoms with Gasteiger partial charge in [-0.15, -0.1) is 0 Å². The molecule has 0 aromatic rings. The van der Waals surface area contributed by atoms with Gasteiger partial charge < -0.3 is 15.2 Å². The maximum absolute atomic E-state index is 6.41. The van der Waals surface area contributed by atoms with Gasteiger partial charge in [-0.05, 0) is 30.6 Å². The van der Waals surface area contributed by atoms with E-state index in [0.29, 0.717) is 11.5 Å². The molecule has 4 heteroatoms. The number of hydrogen-bond donors (Lipinski definition) is 1. The third-order valence-electron chi connectivity index (χ3n) is 4.73. The summed E-state index contributed by atoms with van der Waals surface area (Å²) in [6.45, 7) is 10.4. The highest BCUT2D eigenvalue weighted by molar-refractivity contribution is 4.92. The molecule has 0 saturated heterocycles. The highest BCUT2D eigenvalue weighted by Crippen LogP contribution is 2.38. The Morgan fingerprint density at radius 2 is 1.60 bits per heavy atom. The van der Waals surface area contributed by atoms with E-state index in [9.17, 15) is 0 Å². The Bertz CT molecular complexity index is 258. The standard InChI is InChI=1S/C16H34N2O2/c1-16(2,3)13-6-7-14(17)15(12-13)18(8-10-19-4)9-11-20-5/h13-15H,6-12,17H2,1-5H3. The van der Waals surface area contributed by atoms with Gasteiger partial charge in [0.2, 0.25) is 0 Å². The van der Waals surface area contributed by atoms with Crippen LogP contribution >= 0.6 is 0 Å². The van der Waals surface area contributed by atoms with E-state index in [-0.39, 0.29) is 6.04 Å². The molecule has 1 fully saturated rings. The van der Waals surface area contributed by atoms with Gasteiger partial charge in [-0.1, -0.05) is 20.8 Å². The van der Waals surface area contributed by atoms with Crippen LogP contribution in [-0.2, 0) is 9.47 Å². The second-order valence-electron chi connectivity index (χ2n) is 7.13. The summed E-state index contributed by atoms with van der Waals surface area (Å²) in [7, 11) is 3.51. The third kappa shape index (κ3) is 5.32. The first-order valence-electron chi connectivity index (χ1n) is 7.87. The predicted octanol–water partition coefficient (Wildman–Crippen LogP) is 2.12. The largest absolute Gasteiger partial charge is 0.383 e. The first-order chi connectivity index (χ1) is 9.40. The average Bonchev–Trinajstić information content (AvgIpc) is 2.39. The molecule has 4 nitrogen and oxygen atoms in total. The summed E-state index contributed by atoms with van der Waals surface area (Å²) in [5, 5.41) is 0. The van der Waals surface area contributed by atoms with Gasteiger partial charge in [0.15, 0.2) is 0 Å². The molecular formula is C16H34N2O2. The zero-order valence-electron chi connectivity index (χ0n) is 14.0. The van der Waals surface area contributed by atoms with Crippen LogP contribution in [0.4, 0.5) is 0 Å². The summed E-state index contributed by atoms with van der Waals surface area (Å²) >= 11 is 0. The van der Waals surface area contributed by atoms with E-state index < -0.39 is 0 Å². The molecule has 0 aromatic carbocycles. The monoisotopic (exact) mass is 286 g/mol. The van der Waals surface area contributed by atoms with Crippen molar-refractivity contribution in [1.29, 1.82) is 0 Å². The van der Waals surface area contributed by atoms with Gasteiger partial charge in [0.05, 0.1) is 13.2 Å². The van der Waals surface area contributed by atoms with Crippen molar-refractivity contribution in [2.75, 3.05) is 40.5 Å². The molecule has 1 rings (SSSR count). The van der Waals surface area contributed by atoms with Gasteiger partial charge >= 0.3 is 0 Å². The van der Waals surface area contributed by atoms with E-state index >= 15 is 0 Å². The Morgan fingerprint density at radius 3 is 2.05 bits per heavy atom. The summed E-state index contributed by atoms with van der Waals surface area (Å²) in [6, 6.07) is 0.737. The van der Waals surface area contributed by atoms with Crippen LogP contribution in [0.15, 0.2) is 0 Å². The molecule has 0 radical (unpaired) electrons. The van der Waals surface area contributed by atoms with Crippen LogP contribution in [-0.4, -0.2) is 57.5 Å². The summed E-state index contributed by atoms with van der Waals surface area (Å²) in [4.78, 5) is 2.47. The van der Waals surface area contributed by atoms with E-state index in [2.05, 4.69) is 25.7 Å². The van der Waals surface area contributed by atoms with Crippen LogP contribution in [0.3, 0.4) is 0 Å². The number of methoxy groups -OCH3 is 2. The number of ether oxygens (including phenoxy) is 2. The number of rotatable bonds is 7. The van der Waals surface area contributed by atoms with Crippen molar-refractivity contribution in [3.05, 3.63) is 0 Å². The zero-order chi connectivity index (χ0) is 15.2. The Hall–Kier alpha value is -0.160. The lowest BCUT2D eigenvalue weighted by Crippen LogP contribution is -2.54. The van der Waals surface area contributed by atoms with Crippen molar-refractivity contribution >= 4 is 0 Å². The summed E-state index contributed by atoms with van der Waals surface area (Å²) in [5.41, 5.74) is 6.77. The molecule has 0 bridgehead atoms. The van der Waals surface area contributed by atoms with Crippen LogP contribution in [0.1, 0.15) is 40.0 Å². The fraction of sp³-hybridized carbons (Fsp3) is 1.00. The molecule has 0 aliphatic heterocycles. The molecule has 0 amide bonds. The normalized spacial score (nSPS) is 28.1. The Kier molecular flexibility index (Phi) is 7.45. The fourth-order valence-electron chi connectivity index (χ4n) is 3.24. The average molecular weight is 286 g/mol. The smallest absolute Gasteiger partial charge is 0.0589 e. The van der Waals surface area contributed by atoms with Crippen molar-refractivity contribution < 1.29 is 9.47 Å². The van der Waals surface area contributed by atoms with Crippen LogP contribution in [0.25, 0.3) is 0 Å². The number of hydrogen-bond acceptors (Lipinski definition) is 4.